The number of hydrogen-bond acceptors (Lipinski definition) is 4. The number of aromatic nitrogens is 4. The molecule has 0 aliphatic carbocycles. The molecule has 1 aromatic carbocycles. The molecular formula is C14H18FN5O. The van der Waals surface area contributed by atoms with Crippen LogP contribution in [0.3, 0.4) is 0 Å². The monoisotopic (exact) mass is 291 g/mol. The summed E-state index contributed by atoms with van der Waals surface area (Å²) in [5.41, 5.74) is 0.861. The highest BCUT2D eigenvalue weighted by atomic mass is 19.1. The van der Waals surface area contributed by atoms with Gasteiger partial charge in [-0.2, -0.15) is 4.80 Å². The first kappa shape index (κ1) is 15.1. The third-order valence-electron chi connectivity index (χ3n) is 2.67. The van der Waals surface area contributed by atoms with Crippen LogP contribution in [0, 0.1) is 12.7 Å². The van der Waals surface area contributed by atoms with Gasteiger partial charge in [0.2, 0.25) is 11.7 Å². The molecule has 0 saturated carbocycles. The van der Waals surface area contributed by atoms with Crippen LogP contribution >= 0.6 is 0 Å². The molecule has 21 heavy (non-hydrogen) atoms. The lowest BCUT2D eigenvalue weighted by molar-refractivity contribution is -0.123. The minimum atomic E-state index is -0.311. The fourth-order valence-electron chi connectivity index (χ4n) is 1.80. The van der Waals surface area contributed by atoms with Crippen LogP contribution in [-0.4, -0.2) is 31.7 Å². The Balaban J connectivity index is 2.11. The van der Waals surface area contributed by atoms with E-state index in [2.05, 4.69) is 20.7 Å². The predicted octanol–water partition coefficient (Wildman–Crippen LogP) is 1.70. The second-order valence-electron chi connectivity index (χ2n) is 5.91. The highest BCUT2D eigenvalue weighted by molar-refractivity contribution is 5.76. The quantitative estimate of drug-likeness (QED) is 0.934. The molecule has 112 valence electrons. The second kappa shape index (κ2) is 5.59. The molecule has 0 radical (unpaired) electrons. The largest absolute Gasteiger partial charge is 0.350 e. The van der Waals surface area contributed by atoms with E-state index in [1.54, 1.807) is 19.1 Å². The normalized spacial score (nSPS) is 11.5. The van der Waals surface area contributed by atoms with Crippen molar-refractivity contribution in [2.24, 2.45) is 0 Å². The minimum Gasteiger partial charge on any atom is -0.350 e. The van der Waals surface area contributed by atoms with Crippen molar-refractivity contribution in [3.05, 3.63) is 29.6 Å². The molecule has 7 heteroatoms. The van der Waals surface area contributed by atoms with Crippen molar-refractivity contribution in [1.29, 1.82) is 0 Å². The van der Waals surface area contributed by atoms with Crippen molar-refractivity contribution in [1.82, 2.24) is 25.5 Å². The zero-order chi connectivity index (χ0) is 15.6. The highest BCUT2D eigenvalue weighted by Gasteiger charge is 2.15. The Bertz CT molecular complexity index is 660. The molecule has 0 atom stereocenters. The van der Waals surface area contributed by atoms with E-state index in [-0.39, 0.29) is 23.8 Å². The fourth-order valence-corrected chi connectivity index (χ4v) is 1.80. The Kier molecular flexibility index (Phi) is 4.02. The summed E-state index contributed by atoms with van der Waals surface area (Å²) in [7, 11) is 0. The standard InChI is InChI=1S/C14H18FN5O/c1-9-7-10(5-6-11(9)15)13-17-19-20(18-13)8-12(21)16-14(2,3)4/h5-7H,8H2,1-4H3,(H,16,21). The number of carbonyl (C=O) groups is 1. The van der Waals surface area contributed by atoms with Crippen molar-refractivity contribution in [2.75, 3.05) is 0 Å². The van der Waals surface area contributed by atoms with E-state index < -0.39 is 0 Å². The summed E-state index contributed by atoms with van der Waals surface area (Å²) in [6.07, 6.45) is 0. The first-order chi connectivity index (χ1) is 9.74. The molecule has 0 aliphatic rings. The van der Waals surface area contributed by atoms with Crippen LogP contribution in [0.2, 0.25) is 0 Å². The summed E-state index contributed by atoms with van der Waals surface area (Å²) in [4.78, 5) is 13.0. The maximum Gasteiger partial charge on any atom is 0.244 e. The summed E-state index contributed by atoms with van der Waals surface area (Å²) in [5.74, 6) is -0.112. The SMILES string of the molecule is Cc1cc(-c2nnn(CC(=O)NC(C)(C)C)n2)ccc1F. The van der Waals surface area contributed by atoms with Gasteiger partial charge in [0.05, 0.1) is 0 Å². The number of nitrogens with zero attached hydrogens (tertiary/aromatic N) is 4. The number of hydrogen-bond donors (Lipinski definition) is 1. The van der Waals surface area contributed by atoms with Gasteiger partial charge in [0.1, 0.15) is 12.4 Å². The van der Waals surface area contributed by atoms with E-state index in [0.29, 0.717) is 17.0 Å². The van der Waals surface area contributed by atoms with Crippen molar-refractivity contribution in [3.8, 4) is 11.4 Å². The molecule has 6 nitrogen and oxygen atoms in total. The Morgan fingerprint density at radius 3 is 2.71 bits per heavy atom. The first-order valence-corrected chi connectivity index (χ1v) is 6.60. The Morgan fingerprint density at radius 2 is 2.10 bits per heavy atom. The molecule has 0 spiro atoms. The van der Waals surface area contributed by atoms with Gasteiger partial charge in [-0.3, -0.25) is 4.79 Å². The summed E-state index contributed by atoms with van der Waals surface area (Å²) < 4.78 is 13.2. The summed E-state index contributed by atoms with van der Waals surface area (Å²) in [5, 5.41) is 14.7. The molecule has 0 bridgehead atoms. The van der Waals surface area contributed by atoms with E-state index >= 15 is 0 Å². The van der Waals surface area contributed by atoms with Crippen LogP contribution in [0.4, 0.5) is 4.39 Å². The number of carbonyl (C=O) groups excluding carboxylic acids is 1. The molecule has 1 amide bonds. The van der Waals surface area contributed by atoms with Gasteiger partial charge in [-0.25, -0.2) is 4.39 Å². The van der Waals surface area contributed by atoms with Crippen LogP contribution in [0.5, 0.6) is 0 Å². The Morgan fingerprint density at radius 1 is 1.38 bits per heavy atom. The maximum absolute atomic E-state index is 13.2. The number of nitrogens with one attached hydrogen (secondary N) is 1. The molecule has 0 unspecified atom stereocenters. The van der Waals surface area contributed by atoms with Crippen molar-refractivity contribution in [3.63, 3.8) is 0 Å². The maximum atomic E-state index is 13.2. The number of tetrazole rings is 1. The van der Waals surface area contributed by atoms with E-state index in [1.807, 2.05) is 20.8 Å². The summed E-state index contributed by atoms with van der Waals surface area (Å²) in [6.45, 7) is 7.34. The summed E-state index contributed by atoms with van der Waals surface area (Å²) in [6, 6.07) is 4.59. The molecule has 1 heterocycles. The molecule has 1 N–H and O–H groups in total. The molecule has 0 fully saturated rings. The average molecular weight is 291 g/mol. The smallest absolute Gasteiger partial charge is 0.244 e. The molecule has 2 rings (SSSR count). The minimum absolute atomic E-state index is 0.00948. The van der Waals surface area contributed by atoms with Gasteiger partial charge in [0.25, 0.3) is 0 Å². The van der Waals surface area contributed by atoms with Crippen LogP contribution < -0.4 is 5.32 Å². The van der Waals surface area contributed by atoms with Crippen LogP contribution in [0.1, 0.15) is 26.3 Å². The Labute approximate surface area is 122 Å². The zero-order valence-corrected chi connectivity index (χ0v) is 12.5. The third kappa shape index (κ3) is 4.08. The van der Waals surface area contributed by atoms with Crippen molar-refractivity contribution >= 4 is 5.91 Å². The molecule has 0 saturated heterocycles. The number of aryl methyl sites for hydroxylation is 1. The highest BCUT2D eigenvalue weighted by Crippen LogP contribution is 2.17. The van der Waals surface area contributed by atoms with Gasteiger partial charge in [0, 0.05) is 11.1 Å². The predicted molar refractivity (Wildman–Crippen MR) is 75.8 cm³/mol. The van der Waals surface area contributed by atoms with Crippen LogP contribution in [-0.2, 0) is 11.3 Å². The number of amides is 1. The van der Waals surface area contributed by atoms with Gasteiger partial charge in [-0.1, -0.05) is 0 Å². The lowest BCUT2D eigenvalue weighted by atomic mass is 10.1. The third-order valence-corrected chi connectivity index (χ3v) is 2.67. The van der Waals surface area contributed by atoms with Crippen molar-refractivity contribution < 1.29 is 9.18 Å². The molecule has 0 aliphatic heterocycles. The fraction of sp³-hybridized carbons (Fsp3) is 0.429. The van der Waals surface area contributed by atoms with Gasteiger partial charge >= 0.3 is 0 Å². The van der Waals surface area contributed by atoms with E-state index in [0.717, 1.165) is 0 Å². The van der Waals surface area contributed by atoms with Crippen LogP contribution in [0.25, 0.3) is 11.4 Å². The van der Waals surface area contributed by atoms with E-state index in [1.165, 1.54) is 10.9 Å². The first-order valence-electron chi connectivity index (χ1n) is 6.60. The number of rotatable bonds is 3. The van der Waals surface area contributed by atoms with Gasteiger partial charge < -0.3 is 5.32 Å². The summed E-state index contributed by atoms with van der Waals surface area (Å²) >= 11 is 0. The van der Waals surface area contributed by atoms with Gasteiger partial charge in [0.15, 0.2) is 0 Å². The topological polar surface area (TPSA) is 72.7 Å². The van der Waals surface area contributed by atoms with Gasteiger partial charge in [-0.05, 0) is 56.7 Å². The lowest BCUT2D eigenvalue weighted by Gasteiger charge is -2.19. The zero-order valence-electron chi connectivity index (χ0n) is 12.5. The van der Waals surface area contributed by atoms with Crippen molar-refractivity contribution in [2.45, 2.75) is 39.8 Å². The van der Waals surface area contributed by atoms with Gasteiger partial charge in [-0.15, -0.1) is 10.2 Å². The second-order valence-corrected chi connectivity index (χ2v) is 5.91. The molecule has 1 aromatic heterocycles. The average Bonchev–Trinajstić information content (AvgIpc) is 2.78. The lowest BCUT2D eigenvalue weighted by Crippen LogP contribution is -2.42. The number of benzene rings is 1. The van der Waals surface area contributed by atoms with E-state index in [9.17, 15) is 9.18 Å². The Hall–Kier alpha value is -2.31. The molecular weight excluding hydrogens is 273 g/mol. The molecule has 2 aromatic rings. The number of halogens is 1. The van der Waals surface area contributed by atoms with Crippen LogP contribution in [0.15, 0.2) is 18.2 Å². The van der Waals surface area contributed by atoms with E-state index in [4.69, 9.17) is 0 Å².